The van der Waals surface area contributed by atoms with Gasteiger partial charge in [0.1, 0.15) is 0 Å². The van der Waals surface area contributed by atoms with Gasteiger partial charge in [-0.1, -0.05) is 50.6 Å². The Morgan fingerprint density at radius 1 is 0.636 bits per heavy atom. The van der Waals surface area contributed by atoms with E-state index >= 15 is 0 Å². The fourth-order valence-corrected chi connectivity index (χ4v) is 3.10. The largest absolute Gasteiger partial charge is 0.384 e. The average Bonchev–Trinajstić information content (AvgIpc) is 2.72. The maximum Gasteiger partial charge on any atom is 0.384 e. The Morgan fingerprint density at radius 2 is 1.09 bits per heavy atom. The highest BCUT2D eigenvalue weighted by Gasteiger charge is 2.89. The van der Waals surface area contributed by atoms with Crippen molar-refractivity contribution in [2.24, 2.45) is 5.92 Å². The van der Waals surface area contributed by atoms with E-state index in [-0.39, 0.29) is 13.3 Å². The summed E-state index contributed by atoms with van der Waals surface area (Å²) in [4.78, 5) is 0. The standard InChI is InChI=1S/C21H24F12/c1-3-16(22,23)18(26,27)20(30,31)21(32,33)19(28,29)17(24,25)13-12-14(2)8-7-11-15-9-5-4-6-10-15/h4-6,9-10,14H,3,7-8,11-13H2,1-2H3. The minimum atomic E-state index is -7.47. The second-order valence-corrected chi connectivity index (χ2v) is 8.08. The van der Waals surface area contributed by atoms with Crippen LogP contribution in [0.4, 0.5) is 52.7 Å². The van der Waals surface area contributed by atoms with Gasteiger partial charge in [-0.25, -0.2) is 0 Å². The van der Waals surface area contributed by atoms with Crippen LogP contribution in [0.15, 0.2) is 30.3 Å². The lowest BCUT2D eigenvalue weighted by atomic mass is 9.87. The van der Waals surface area contributed by atoms with Gasteiger partial charge >= 0.3 is 35.5 Å². The highest BCUT2D eigenvalue weighted by atomic mass is 19.4. The fraction of sp³-hybridized carbons (Fsp3) is 0.714. The van der Waals surface area contributed by atoms with Crippen LogP contribution in [0.5, 0.6) is 0 Å². The molecular weight excluding hydrogens is 480 g/mol. The van der Waals surface area contributed by atoms with Crippen LogP contribution in [0.25, 0.3) is 0 Å². The third kappa shape index (κ3) is 5.55. The van der Waals surface area contributed by atoms with Gasteiger partial charge in [-0.2, -0.15) is 52.7 Å². The molecule has 0 amide bonds. The first kappa shape index (κ1) is 29.4. The van der Waals surface area contributed by atoms with Gasteiger partial charge in [-0.05, 0) is 30.7 Å². The highest BCUT2D eigenvalue weighted by molar-refractivity contribution is 5.14. The molecule has 0 nitrogen and oxygen atoms in total. The van der Waals surface area contributed by atoms with E-state index in [1.54, 1.807) is 30.3 Å². The predicted molar refractivity (Wildman–Crippen MR) is 97.8 cm³/mol. The van der Waals surface area contributed by atoms with Crippen molar-refractivity contribution in [3.05, 3.63) is 35.9 Å². The van der Waals surface area contributed by atoms with E-state index in [4.69, 9.17) is 0 Å². The van der Waals surface area contributed by atoms with E-state index in [0.717, 1.165) is 5.56 Å². The van der Waals surface area contributed by atoms with Gasteiger partial charge in [0, 0.05) is 12.8 Å². The average molecular weight is 504 g/mol. The molecule has 0 aliphatic heterocycles. The molecule has 0 saturated heterocycles. The molecule has 0 heterocycles. The molecule has 0 aromatic heterocycles. The van der Waals surface area contributed by atoms with Crippen molar-refractivity contribution in [2.75, 3.05) is 0 Å². The lowest BCUT2D eigenvalue weighted by molar-refractivity contribution is -0.425. The summed E-state index contributed by atoms with van der Waals surface area (Å²) in [6, 6.07) is 8.81. The Hall–Kier alpha value is -1.62. The van der Waals surface area contributed by atoms with Crippen LogP contribution in [0, 0.1) is 5.92 Å². The zero-order chi connectivity index (χ0) is 25.9. The lowest BCUT2D eigenvalue weighted by Gasteiger charge is -2.41. The van der Waals surface area contributed by atoms with Crippen molar-refractivity contribution in [3.8, 4) is 0 Å². The summed E-state index contributed by atoms with van der Waals surface area (Å²) in [7, 11) is 0. The lowest BCUT2D eigenvalue weighted by Crippen LogP contribution is -2.70. The quantitative estimate of drug-likeness (QED) is 0.236. The molecule has 1 aromatic rings. The Balaban J connectivity index is 2.92. The van der Waals surface area contributed by atoms with Crippen LogP contribution in [-0.4, -0.2) is 35.5 Å². The molecule has 0 aliphatic rings. The first-order chi connectivity index (χ1) is 14.8. The van der Waals surface area contributed by atoms with Crippen LogP contribution < -0.4 is 0 Å². The normalized spacial score (nSPS) is 15.6. The summed E-state index contributed by atoms with van der Waals surface area (Å²) in [6.07, 6.45) is -3.85. The topological polar surface area (TPSA) is 0 Å². The summed E-state index contributed by atoms with van der Waals surface area (Å²) in [5, 5.41) is 0. The first-order valence-corrected chi connectivity index (χ1v) is 10.1. The van der Waals surface area contributed by atoms with Crippen molar-refractivity contribution in [3.63, 3.8) is 0 Å². The molecule has 1 atom stereocenters. The number of aryl methyl sites for hydroxylation is 1. The molecule has 0 fully saturated rings. The number of hydrogen-bond acceptors (Lipinski definition) is 0. The van der Waals surface area contributed by atoms with Crippen LogP contribution in [0.2, 0.25) is 0 Å². The van der Waals surface area contributed by atoms with Gasteiger partial charge in [0.25, 0.3) is 0 Å². The SMILES string of the molecule is CCC(F)(F)C(F)(F)C(F)(F)C(F)(F)C(F)(F)C(F)(F)CCC(C)CCCc1ccccc1. The van der Waals surface area contributed by atoms with Crippen molar-refractivity contribution < 1.29 is 52.7 Å². The Labute approximate surface area is 183 Å². The van der Waals surface area contributed by atoms with Gasteiger partial charge in [0.2, 0.25) is 0 Å². The van der Waals surface area contributed by atoms with Crippen LogP contribution in [0.3, 0.4) is 0 Å². The van der Waals surface area contributed by atoms with Gasteiger partial charge in [0.05, 0.1) is 0 Å². The van der Waals surface area contributed by atoms with E-state index in [2.05, 4.69) is 0 Å². The van der Waals surface area contributed by atoms with E-state index in [0.29, 0.717) is 12.8 Å². The Bertz CT molecular complexity index is 743. The number of rotatable bonds is 13. The van der Waals surface area contributed by atoms with Gasteiger partial charge in [-0.3, -0.25) is 0 Å². The second-order valence-electron chi connectivity index (χ2n) is 8.08. The van der Waals surface area contributed by atoms with Crippen molar-refractivity contribution in [1.82, 2.24) is 0 Å². The van der Waals surface area contributed by atoms with Gasteiger partial charge in [0.15, 0.2) is 0 Å². The first-order valence-electron chi connectivity index (χ1n) is 10.1. The molecule has 1 aromatic carbocycles. The van der Waals surface area contributed by atoms with Crippen molar-refractivity contribution >= 4 is 0 Å². The maximum atomic E-state index is 13.9. The van der Waals surface area contributed by atoms with Crippen molar-refractivity contribution in [1.29, 1.82) is 0 Å². The Kier molecular flexibility index (Phi) is 8.85. The molecule has 1 rings (SSSR count). The number of hydrogen-bond donors (Lipinski definition) is 0. The number of alkyl halides is 12. The van der Waals surface area contributed by atoms with Gasteiger partial charge < -0.3 is 0 Å². The molecule has 192 valence electrons. The molecule has 1 unspecified atom stereocenters. The minimum absolute atomic E-state index is 0.198. The third-order valence-corrected chi connectivity index (χ3v) is 5.50. The third-order valence-electron chi connectivity index (χ3n) is 5.50. The minimum Gasteiger partial charge on any atom is -0.200 e. The van der Waals surface area contributed by atoms with Crippen molar-refractivity contribution in [2.45, 2.75) is 87.9 Å². The summed E-state index contributed by atoms with van der Waals surface area (Å²) >= 11 is 0. The number of halogens is 12. The van der Waals surface area contributed by atoms with Gasteiger partial charge in [-0.15, -0.1) is 0 Å². The highest BCUT2D eigenvalue weighted by Crippen LogP contribution is 2.61. The monoisotopic (exact) mass is 504 g/mol. The Morgan fingerprint density at radius 3 is 1.55 bits per heavy atom. The second kappa shape index (κ2) is 9.93. The summed E-state index contributed by atoms with van der Waals surface area (Å²) < 4.78 is 164. The van der Waals surface area contributed by atoms with E-state index < -0.39 is 60.7 Å². The summed E-state index contributed by atoms with van der Waals surface area (Å²) in [6.45, 7) is 1.55. The van der Waals surface area contributed by atoms with Crippen LogP contribution in [0.1, 0.15) is 51.5 Å². The zero-order valence-corrected chi connectivity index (χ0v) is 17.7. The molecule has 0 bridgehead atoms. The van der Waals surface area contributed by atoms with E-state index in [1.165, 1.54) is 6.92 Å². The molecule has 0 spiro atoms. The fourth-order valence-electron chi connectivity index (χ4n) is 3.10. The van der Waals surface area contributed by atoms with E-state index in [1.807, 2.05) is 0 Å². The molecule has 0 aliphatic carbocycles. The molecule has 0 saturated carbocycles. The zero-order valence-electron chi connectivity index (χ0n) is 17.7. The summed E-state index contributed by atoms with van der Waals surface area (Å²) in [5.41, 5.74) is 0.897. The molecule has 12 heteroatoms. The number of benzene rings is 1. The maximum absolute atomic E-state index is 13.9. The van der Waals surface area contributed by atoms with Crippen LogP contribution in [-0.2, 0) is 6.42 Å². The molecule has 0 radical (unpaired) electrons. The van der Waals surface area contributed by atoms with Crippen LogP contribution >= 0.6 is 0 Å². The smallest absolute Gasteiger partial charge is 0.200 e. The summed E-state index contributed by atoms with van der Waals surface area (Å²) in [5.74, 6) is -41.4. The molecule has 33 heavy (non-hydrogen) atoms. The molecule has 0 N–H and O–H groups in total. The van der Waals surface area contributed by atoms with E-state index in [9.17, 15) is 52.7 Å². The molecular formula is C21H24F12. The predicted octanol–water partition coefficient (Wildman–Crippen LogP) is 8.65.